The molecule has 4 heteroatoms. The lowest BCUT2D eigenvalue weighted by Crippen LogP contribution is -2.29. The second-order valence-electron chi connectivity index (χ2n) is 4.48. The van der Waals surface area contributed by atoms with Crippen LogP contribution in [-0.2, 0) is 0 Å². The minimum atomic E-state index is 0.763. The summed E-state index contributed by atoms with van der Waals surface area (Å²) in [5.41, 5.74) is 1.15. The van der Waals surface area contributed by atoms with E-state index in [0.717, 1.165) is 17.7 Å². The molecule has 1 aliphatic carbocycles. The molecule has 0 radical (unpaired) electrons. The van der Waals surface area contributed by atoms with Crippen molar-refractivity contribution < 1.29 is 0 Å². The van der Waals surface area contributed by atoms with E-state index in [4.69, 9.17) is 0 Å². The fourth-order valence-electron chi connectivity index (χ4n) is 2.46. The zero-order chi connectivity index (χ0) is 11.4. The Balaban J connectivity index is 1.71. The van der Waals surface area contributed by atoms with Crippen LogP contribution in [0.1, 0.15) is 31.4 Å². The molecule has 2 atom stereocenters. The van der Waals surface area contributed by atoms with Gasteiger partial charge in [0, 0.05) is 22.9 Å². The largest absolute Gasteiger partial charge is 0.317 e. The Morgan fingerprint density at radius 2 is 2.44 bits per heavy atom. The van der Waals surface area contributed by atoms with E-state index in [1.54, 1.807) is 11.3 Å². The van der Waals surface area contributed by atoms with E-state index in [2.05, 4.69) is 29.7 Å². The summed E-state index contributed by atoms with van der Waals surface area (Å²) in [6.45, 7) is 2.06. The number of rotatable bonds is 5. The van der Waals surface area contributed by atoms with Crippen LogP contribution in [0, 0.1) is 12.8 Å². The normalized spacial score (nSPS) is 25.1. The van der Waals surface area contributed by atoms with Gasteiger partial charge in [-0.15, -0.1) is 11.3 Å². The standard InChI is InChI=1S/C12H20N2S2/c1-9-8-16-12(14-9)15-7-6-10-4-3-5-11(10)13-2/h8,10-11,13H,3-7H2,1-2H3. The monoisotopic (exact) mass is 256 g/mol. The van der Waals surface area contributed by atoms with E-state index in [-0.39, 0.29) is 0 Å². The van der Waals surface area contributed by atoms with Crippen LogP contribution >= 0.6 is 23.1 Å². The van der Waals surface area contributed by atoms with Crippen LogP contribution in [0.3, 0.4) is 0 Å². The van der Waals surface area contributed by atoms with Gasteiger partial charge in [-0.05, 0) is 39.2 Å². The van der Waals surface area contributed by atoms with Crippen molar-refractivity contribution in [1.82, 2.24) is 10.3 Å². The van der Waals surface area contributed by atoms with Gasteiger partial charge in [0.25, 0.3) is 0 Å². The first-order valence-corrected chi connectivity index (χ1v) is 7.88. The highest BCUT2D eigenvalue weighted by Gasteiger charge is 2.25. The van der Waals surface area contributed by atoms with Crippen molar-refractivity contribution in [3.8, 4) is 0 Å². The second-order valence-corrected chi connectivity index (χ2v) is 6.68. The quantitative estimate of drug-likeness (QED) is 0.818. The zero-order valence-electron chi connectivity index (χ0n) is 10.0. The van der Waals surface area contributed by atoms with E-state index in [9.17, 15) is 0 Å². The summed E-state index contributed by atoms with van der Waals surface area (Å²) in [4.78, 5) is 4.48. The number of thiazole rings is 1. The van der Waals surface area contributed by atoms with E-state index < -0.39 is 0 Å². The van der Waals surface area contributed by atoms with Crippen LogP contribution in [0.15, 0.2) is 9.72 Å². The Bertz CT molecular complexity index is 325. The van der Waals surface area contributed by atoms with Gasteiger partial charge in [-0.2, -0.15) is 0 Å². The maximum atomic E-state index is 4.48. The molecule has 1 aliphatic rings. The summed E-state index contributed by atoms with van der Waals surface area (Å²) in [6.07, 6.45) is 5.50. The van der Waals surface area contributed by atoms with Crippen LogP contribution in [0.25, 0.3) is 0 Å². The summed E-state index contributed by atoms with van der Waals surface area (Å²) in [5, 5.41) is 5.58. The third kappa shape index (κ3) is 3.22. The third-order valence-electron chi connectivity index (χ3n) is 3.34. The molecular formula is C12H20N2S2. The molecule has 1 fully saturated rings. The van der Waals surface area contributed by atoms with Gasteiger partial charge in [-0.3, -0.25) is 0 Å². The van der Waals surface area contributed by atoms with Gasteiger partial charge in [-0.25, -0.2) is 4.98 Å². The topological polar surface area (TPSA) is 24.9 Å². The Labute approximate surface area is 106 Å². The predicted molar refractivity (Wildman–Crippen MR) is 72.4 cm³/mol. The van der Waals surface area contributed by atoms with Crippen LogP contribution < -0.4 is 5.32 Å². The SMILES string of the molecule is CNC1CCCC1CCSc1nc(C)cs1. The highest BCUT2D eigenvalue weighted by atomic mass is 32.2. The molecule has 0 amide bonds. The summed E-state index contributed by atoms with van der Waals surface area (Å²) < 4.78 is 1.23. The summed E-state index contributed by atoms with van der Waals surface area (Å²) in [6, 6.07) is 0.763. The minimum Gasteiger partial charge on any atom is -0.317 e. The number of hydrogen-bond donors (Lipinski definition) is 1. The first-order valence-electron chi connectivity index (χ1n) is 6.02. The lowest BCUT2D eigenvalue weighted by molar-refractivity contribution is 0.417. The van der Waals surface area contributed by atoms with Gasteiger partial charge < -0.3 is 5.32 Å². The van der Waals surface area contributed by atoms with Crippen molar-refractivity contribution in [1.29, 1.82) is 0 Å². The molecule has 0 aliphatic heterocycles. The number of nitrogens with one attached hydrogen (secondary N) is 1. The number of aromatic nitrogens is 1. The molecule has 2 nitrogen and oxygen atoms in total. The number of nitrogens with zero attached hydrogens (tertiary/aromatic N) is 1. The lowest BCUT2D eigenvalue weighted by Gasteiger charge is -2.18. The molecule has 1 aromatic heterocycles. The summed E-state index contributed by atoms with van der Waals surface area (Å²) in [7, 11) is 2.10. The Morgan fingerprint density at radius 3 is 3.12 bits per heavy atom. The van der Waals surface area contributed by atoms with Crippen molar-refractivity contribution >= 4 is 23.1 Å². The number of hydrogen-bond acceptors (Lipinski definition) is 4. The highest BCUT2D eigenvalue weighted by Crippen LogP contribution is 2.31. The maximum absolute atomic E-state index is 4.48. The van der Waals surface area contributed by atoms with Gasteiger partial charge in [0.1, 0.15) is 4.34 Å². The van der Waals surface area contributed by atoms with Gasteiger partial charge in [0.05, 0.1) is 0 Å². The molecule has 16 heavy (non-hydrogen) atoms. The highest BCUT2D eigenvalue weighted by molar-refractivity contribution is 8.00. The van der Waals surface area contributed by atoms with Crippen molar-refractivity contribution in [2.24, 2.45) is 5.92 Å². The number of aryl methyl sites for hydroxylation is 1. The van der Waals surface area contributed by atoms with Crippen LogP contribution in [0.2, 0.25) is 0 Å². The molecule has 1 aromatic rings. The van der Waals surface area contributed by atoms with Crippen molar-refractivity contribution in [2.75, 3.05) is 12.8 Å². The van der Waals surface area contributed by atoms with Gasteiger partial charge in [-0.1, -0.05) is 18.2 Å². The Kier molecular flexibility index (Phi) is 4.67. The average molecular weight is 256 g/mol. The van der Waals surface area contributed by atoms with Crippen molar-refractivity contribution in [3.63, 3.8) is 0 Å². The minimum absolute atomic E-state index is 0.763. The molecule has 0 bridgehead atoms. The fourth-order valence-corrected chi connectivity index (χ4v) is 4.45. The molecule has 1 N–H and O–H groups in total. The number of thioether (sulfide) groups is 1. The fraction of sp³-hybridized carbons (Fsp3) is 0.750. The van der Waals surface area contributed by atoms with E-state index >= 15 is 0 Å². The average Bonchev–Trinajstić information content (AvgIpc) is 2.87. The lowest BCUT2D eigenvalue weighted by atomic mass is 10.0. The molecule has 0 saturated heterocycles. The van der Waals surface area contributed by atoms with E-state index in [1.165, 1.54) is 35.8 Å². The van der Waals surface area contributed by atoms with Gasteiger partial charge >= 0.3 is 0 Å². The van der Waals surface area contributed by atoms with Crippen LogP contribution in [0.5, 0.6) is 0 Å². The zero-order valence-corrected chi connectivity index (χ0v) is 11.7. The first kappa shape index (κ1) is 12.4. The molecule has 0 aromatic carbocycles. The van der Waals surface area contributed by atoms with Crippen LogP contribution in [0.4, 0.5) is 0 Å². The second kappa shape index (κ2) is 6.03. The Hall–Kier alpha value is -0.0600. The summed E-state index contributed by atoms with van der Waals surface area (Å²) >= 11 is 3.70. The Morgan fingerprint density at radius 1 is 1.56 bits per heavy atom. The van der Waals surface area contributed by atoms with E-state index in [0.29, 0.717) is 0 Å². The summed E-state index contributed by atoms with van der Waals surface area (Å²) in [5.74, 6) is 2.11. The van der Waals surface area contributed by atoms with Crippen molar-refractivity contribution in [3.05, 3.63) is 11.1 Å². The molecule has 1 saturated carbocycles. The van der Waals surface area contributed by atoms with Crippen molar-refractivity contribution in [2.45, 2.75) is 43.0 Å². The molecular weight excluding hydrogens is 236 g/mol. The molecule has 0 spiro atoms. The maximum Gasteiger partial charge on any atom is 0.150 e. The smallest absolute Gasteiger partial charge is 0.150 e. The molecule has 1 heterocycles. The molecule has 2 unspecified atom stereocenters. The van der Waals surface area contributed by atoms with Gasteiger partial charge in [0.15, 0.2) is 0 Å². The van der Waals surface area contributed by atoms with Crippen LogP contribution in [-0.4, -0.2) is 23.8 Å². The molecule has 2 rings (SSSR count). The molecule has 90 valence electrons. The van der Waals surface area contributed by atoms with Gasteiger partial charge in [0.2, 0.25) is 0 Å². The first-order chi connectivity index (χ1) is 7.79. The third-order valence-corrected chi connectivity index (χ3v) is 5.51. The predicted octanol–water partition coefficient (Wildman–Crippen LogP) is 3.32. The van der Waals surface area contributed by atoms with E-state index in [1.807, 2.05) is 11.8 Å².